The molecule has 132 valence electrons. The summed E-state index contributed by atoms with van der Waals surface area (Å²) in [5, 5.41) is 1.23. The van der Waals surface area contributed by atoms with Gasteiger partial charge in [0.25, 0.3) is 0 Å². The van der Waals surface area contributed by atoms with Crippen LogP contribution in [0, 0.1) is 11.8 Å². The Morgan fingerprint density at radius 2 is 1.50 bits per heavy atom. The van der Waals surface area contributed by atoms with Crippen molar-refractivity contribution in [3.8, 4) is 23.2 Å². The Bertz CT molecular complexity index is 1410. The maximum atomic E-state index is 12.3. The topological polar surface area (TPSA) is 43.4 Å². The molecule has 0 atom stereocenters. The van der Waals surface area contributed by atoms with Gasteiger partial charge in [-0.2, -0.15) is 0 Å². The molecule has 0 amide bonds. The van der Waals surface area contributed by atoms with Gasteiger partial charge < -0.3 is 8.83 Å². The summed E-state index contributed by atoms with van der Waals surface area (Å²) in [5.41, 5.74) is 3.57. The summed E-state index contributed by atoms with van der Waals surface area (Å²) < 4.78 is 11.9. The van der Waals surface area contributed by atoms with Crippen LogP contribution in [0.2, 0.25) is 0 Å². The number of furan rings is 1. The molecule has 2 heterocycles. The summed E-state index contributed by atoms with van der Waals surface area (Å²) in [4.78, 5) is 12.3. The average Bonchev–Trinajstić information content (AvgIpc) is 3.13. The second-order valence-corrected chi connectivity index (χ2v) is 6.39. The van der Waals surface area contributed by atoms with Crippen molar-refractivity contribution in [2.24, 2.45) is 0 Å². The number of benzene rings is 3. The summed E-state index contributed by atoms with van der Waals surface area (Å²) in [6.07, 6.45) is 1.41. The van der Waals surface area contributed by atoms with Gasteiger partial charge in [-0.05, 0) is 24.3 Å². The Morgan fingerprint density at radius 3 is 2.29 bits per heavy atom. The molecule has 0 aliphatic rings. The van der Waals surface area contributed by atoms with Crippen molar-refractivity contribution in [2.45, 2.75) is 0 Å². The molecule has 0 aliphatic heterocycles. The van der Waals surface area contributed by atoms with Crippen LogP contribution in [0.15, 0.2) is 98.8 Å². The van der Waals surface area contributed by atoms with Crippen molar-refractivity contribution in [1.29, 1.82) is 0 Å². The quantitative estimate of drug-likeness (QED) is 0.364. The van der Waals surface area contributed by atoms with Crippen molar-refractivity contribution in [3.05, 3.63) is 106 Å². The third-order valence-electron chi connectivity index (χ3n) is 4.62. The molecule has 5 rings (SSSR count). The van der Waals surface area contributed by atoms with Crippen LogP contribution in [0.3, 0.4) is 0 Å². The molecule has 0 spiro atoms. The highest BCUT2D eigenvalue weighted by Crippen LogP contribution is 2.36. The second kappa shape index (κ2) is 6.61. The fourth-order valence-corrected chi connectivity index (χ4v) is 3.30. The molecule has 28 heavy (non-hydrogen) atoms. The van der Waals surface area contributed by atoms with Gasteiger partial charge in [0.05, 0.1) is 22.6 Å². The second-order valence-electron chi connectivity index (χ2n) is 6.39. The first kappa shape index (κ1) is 16.2. The lowest BCUT2D eigenvalue weighted by Crippen LogP contribution is -1.97. The van der Waals surface area contributed by atoms with Gasteiger partial charge in [0.1, 0.15) is 11.2 Å². The first-order valence-corrected chi connectivity index (χ1v) is 8.91. The molecule has 0 fully saturated rings. The van der Waals surface area contributed by atoms with E-state index in [0.717, 1.165) is 16.5 Å². The zero-order chi connectivity index (χ0) is 18.9. The molecular weight excluding hydrogens is 348 g/mol. The minimum absolute atomic E-state index is 0.0902. The van der Waals surface area contributed by atoms with Crippen molar-refractivity contribution >= 4 is 21.9 Å². The Hall–Kier alpha value is -4.03. The summed E-state index contributed by atoms with van der Waals surface area (Å²) in [5.74, 6) is 7.12. The van der Waals surface area contributed by atoms with E-state index in [1.54, 1.807) is 12.1 Å². The smallest absolute Gasteiger partial charge is 0.192 e. The van der Waals surface area contributed by atoms with E-state index in [1.807, 2.05) is 60.7 Å². The van der Waals surface area contributed by atoms with E-state index in [9.17, 15) is 4.79 Å². The molecule has 0 aliphatic carbocycles. The summed E-state index contributed by atoms with van der Waals surface area (Å²) in [6, 6.07) is 24.5. The SMILES string of the molecule is O=c1ccoc2c1ccc1oc(-c3ccccc3)c(C#Cc3ccccc3)c12. The molecule has 0 bridgehead atoms. The maximum Gasteiger partial charge on any atom is 0.192 e. The first-order valence-electron chi connectivity index (χ1n) is 8.91. The van der Waals surface area contributed by atoms with E-state index in [2.05, 4.69) is 11.8 Å². The number of fused-ring (bicyclic) bond motifs is 3. The lowest BCUT2D eigenvalue weighted by Gasteiger charge is -1.98. The lowest BCUT2D eigenvalue weighted by molar-refractivity contribution is 0.604. The highest BCUT2D eigenvalue weighted by atomic mass is 16.3. The molecule has 0 N–H and O–H groups in total. The van der Waals surface area contributed by atoms with Crippen molar-refractivity contribution < 1.29 is 8.83 Å². The lowest BCUT2D eigenvalue weighted by atomic mass is 10.0. The first-order chi connectivity index (χ1) is 13.8. The Morgan fingerprint density at radius 1 is 0.750 bits per heavy atom. The number of rotatable bonds is 1. The van der Waals surface area contributed by atoms with Crippen LogP contribution in [0.25, 0.3) is 33.3 Å². The van der Waals surface area contributed by atoms with E-state index in [0.29, 0.717) is 27.9 Å². The number of hydrogen-bond donors (Lipinski definition) is 0. The van der Waals surface area contributed by atoms with Gasteiger partial charge in [0.15, 0.2) is 11.2 Å². The predicted molar refractivity (Wildman–Crippen MR) is 110 cm³/mol. The standard InChI is InChI=1S/C25H14O3/c26-21-15-16-27-25-19(21)13-14-22-23(25)20(12-11-17-7-3-1-4-8-17)24(28-22)18-9-5-2-6-10-18/h1-10,13-16H. The van der Waals surface area contributed by atoms with Gasteiger partial charge in [-0.3, -0.25) is 4.79 Å². The molecule has 2 aromatic heterocycles. The fourth-order valence-electron chi connectivity index (χ4n) is 3.30. The van der Waals surface area contributed by atoms with Crippen molar-refractivity contribution in [1.82, 2.24) is 0 Å². The van der Waals surface area contributed by atoms with Crippen molar-refractivity contribution in [2.75, 3.05) is 0 Å². The monoisotopic (exact) mass is 362 g/mol. The highest BCUT2D eigenvalue weighted by Gasteiger charge is 2.19. The van der Waals surface area contributed by atoms with E-state index >= 15 is 0 Å². The van der Waals surface area contributed by atoms with E-state index in [-0.39, 0.29) is 5.43 Å². The van der Waals surface area contributed by atoms with Crippen molar-refractivity contribution in [3.63, 3.8) is 0 Å². The van der Waals surface area contributed by atoms with Gasteiger partial charge in [0, 0.05) is 17.2 Å². The normalized spacial score (nSPS) is 10.7. The Balaban J connectivity index is 1.87. The van der Waals surface area contributed by atoms with E-state index in [4.69, 9.17) is 8.83 Å². The van der Waals surface area contributed by atoms with Crippen LogP contribution >= 0.6 is 0 Å². The van der Waals surface area contributed by atoms with Crippen LogP contribution in [-0.2, 0) is 0 Å². The minimum atomic E-state index is -0.0902. The fraction of sp³-hybridized carbons (Fsp3) is 0. The summed E-state index contributed by atoms with van der Waals surface area (Å²) >= 11 is 0. The van der Waals surface area contributed by atoms with E-state index < -0.39 is 0 Å². The van der Waals surface area contributed by atoms with Gasteiger partial charge in [-0.25, -0.2) is 0 Å². The van der Waals surface area contributed by atoms with Gasteiger partial charge in [0.2, 0.25) is 0 Å². The third kappa shape index (κ3) is 2.69. The Labute approximate surface area is 160 Å². The van der Waals surface area contributed by atoms with Gasteiger partial charge in [-0.1, -0.05) is 60.4 Å². The average molecular weight is 362 g/mol. The van der Waals surface area contributed by atoms with Gasteiger partial charge in [-0.15, -0.1) is 0 Å². The summed E-state index contributed by atoms with van der Waals surface area (Å²) in [7, 11) is 0. The minimum Gasteiger partial charge on any atom is -0.463 e. The van der Waals surface area contributed by atoms with Gasteiger partial charge >= 0.3 is 0 Å². The third-order valence-corrected chi connectivity index (χ3v) is 4.62. The molecule has 3 heteroatoms. The Kier molecular flexibility index (Phi) is 3.81. The molecule has 0 saturated heterocycles. The number of hydrogen-bond acceptors (Lipinski definition) is 3. The molecule has 0 unspecified atom stereocenters. The maximum absolute atomic E-state index is 12.3. The molecule has 5 aromatic rings. The molecule has 3 aromatic carbocycles. The molecular formula is C25H14O3. The zero-order valence-corrected chi connectivity index (χ0v) is 14.8. The molecule has 0 radical (unpaired) electrons. The van der Waals surface area contributed by atoms with E-state index in [1.165, 1.54) is 12.3 Å². The van der Waals surface area contributed by atoms with Crippen LogP contribution in [-0.4, -0.2) is 0 Å². The molecule has 0 saturated carbocycles. The highest BCUT2D eigenvalue weighted by molar-refractivity contribution is 6.07. The largest absolute Gasteiger partial charge is 0.463 e. The summed E-state index contributed by atoms with van der Waals surface area (Å²) in [6.45, 7) is 0. The van der Waals surface area contributed by atoms with Crippen LogP contribution in [0.1, 0.15) is 11.1 Å². The molecule has 3 nitrogen and oxygen atoms in total. The van der Waals surface area contributed by atoms with Crippen LogP contribution in [0.4, 0.5) is 0 Å². The van der Waals surface area contributed by atoms with Crippen LogP contribution in [0.5, 0.6) is 0 Å². The predicted octanol–water partition coefficient (Wildman–Crippen LogP) is 5.61. The van der Waals surface area contributed by atoms with Crippen LogP contribution < -0.4 is 5.43 Å². The zero-order valence-electron chi connectivity index (χ0n) is 14.8.